The summed E-state index contributed by atoms with van der Waals surface area (Å²) in [5.41, 5.74) is 0.285. The molecule has 1 aromatic carbocycles. The van der Waals surface area contributed by atoms with Crippen molar-refractivity contribution in [2.24, 2.45) is 0 Å². The van der Waals surface area contributed by atoms with Crippen LogP contribution in [0.3, 0.4) is 0 Å². The van der Waals surface area contributed by atoms with Crippen LogP contribution in [0.1, 0.15) is 17.3 Å². The third-order valence-electron chi connectivity index (χ3n) is 2.13. The maximum absolute atomic E-state index is 11.6. The van der Waals surface area contributed by atoms with Crippen molar-refractivity contribution in [1.82, 2.24) is 0 Å². The number of Topliss-reactive ketones (excluding diaryl/α,β-unsaturated/α-hetero) is 1. The minimum Gasteiger partial charge on any atom is -0.491 e. The first kappa shape index (κ1) is 14.2. The number of hydrogen-bond acceptors (Lipinski definition) is 5. The van der Waals surface area contributed by atoms with Crippen molar-refractivity contribution in [3.63, 3.8) is 0 Å². The lowest BCUT2D eigenvalue weighted by atomic mass is 10.1. The van der Waals surface area contributed by atoms with E-state index in [1.54, 1.807) is 26.2 Å². The SMILES string of the molecule is CCOC(=O)C(=O)c1ccc(OCCOC)cc1. The van der Waals surface area contributed by atoms with Crippen LogP contribution in [0.5, 0.6) is 5.75 Å². The number of esters is 1. The van der Waals surface area contributed by atoms with E-state index >= 15 is 0 Å². The van der Waals surface area contributed by atoms with Gasteiger partial charge in [-0.15, -0.1) is 0 Å². The van der Waals surface area contributed by atoms with Crippen LogP contribution in [0.15, 0.2) is 24.3 Å². The van der Waals surface area contributed by atoms with Gasteiger partial charge in [-0.3, -0.25) is 4.79 Å². The van der Waals surface area contributed by atoms with E-state index in [0.29, 0.717) is 19.0 Å². The zero-order chi connectivity index (χ0) is 13.4. The molecule has 0 atom stereocenters. The zero-order valence-corrected chi connectivity index (χ0v) is 10.5. The highest BCUT2D eigenvalue weighted by Crippen LogP contribution is 2.13. The molecule has 0 N–H and O–H groups in total. The van der Waals surface area contributed by atoms with Crippen molar-refractivity contribution >= 4 is 11.8 Å². The Morgan fingerprint density at radius 3 is 2.33 bits per heavy atom. The molecule has 1 aromatic rings. The largest absolute Gasteiger partial charge is 0.491 e. The van der Waals surface area contributed by atoms with Gasteiger partial charge in [-0.25, -0.2) is 4.79 Å². The van der Waals surface area contributed by atoms with Crippen LogP contribution in [-0.2, 0) is 14.3 Å². The van der Waals surface area contributed by atoms with Crippen LogP contribution in [0.25, 0.3) is 0 Å². The number of benzene rings is 1. The first-order valence-electron chi connectivity index (χ1n) is 5.62. The normalized spacial score (nSPS) is 9.89. The maximum Gasteiger partial charge on any atom is 0.379 e. The number of methoxy groups -OCH3 is 1. The van der Waals surface area contributed by atoms with Crippen molar-refractivity contribution in [3.8, 4) is 5.75 Å². The van der Waals surface area contributed by atoms with Crippen molar-refractivity contribution in [2.45, 2.75) is 6.92 Å². The summed E-state index contributed by atoms with van der Waals surface area (Å²) in [6.45, 7) is 2.76. The molecule has 1 rings (SSSR count). The molecule has 0 heterocycles. The van der Waals surface area contributed by atoms with E-state index in [9.17, 15) is 9.59 Å². The summed E-state index contributed by atoms with van der Waals surface area (Å²) in [4.78, 5) is 22.8. The van der Waals surface area contributed by atoms with Crippen LogP contribution in [0.4, 0.5) is 0 Å². The van der Waals surface area contributed by atoms with Gasteiger partial charge in [0.15, 0.2) is 0 Å². The topological polar surface area (TPSA) is 61.8 Å². The van der Waals surface area contributed by atoms with Crippen molar-refractivity contribution < 1.29 is 23.8 Å². The molecule has 0 saturated heterocycles. The molecule has 0 radical (unpaired) electrons. The van der Waals surface area contributed by atoms with Gasteiger partial charge >= 0.3 is 5.97 Å². The third-order valence-corrected chi connectivity index (χ3v) is 2.13. The average Bonchev–Trinajstić information content (AvgIpc) is 2.39. The molecular formula is C13H16O5. The van der Waals surface area contributed by atoms with Gasteiger partial charge in [0.25, 0.3) is 5.78 Å². The summed E-state index contributed by atoms with van der Waals surface area (Å²) in [5, 5.41) is 0. The van der Waals surface area contributed by atoms with Crippen LogP contribution < -0.4 is 4.74 Å². The van der Waals surface area contributed by atoms with E-state index in [4.69, 9.17) is 9.47 Å². The highest BCUT2D eigenvalue weighted by molar-refractivity contribution is 6.40. The molecule has 0 amide bonds. The highest BCUT2D eigenvalue weighted by atomic mass is 16.5. The van der Waals surface area contributed by atoms with Gasteiger partial charge in [-0.1, -0.05) is 0 Å². The van der Waals surface area contributed by atoms with E-state index in [0.717, 1.165) is 0 Å². The van der Waals surface area contributed by atoms with Gasteiger partial charge < -0.3 is 14.2 Å². The smallest absolute Gasteiger partial charge is 0.379 e. The van der Waals surface area contributed by atoms with Crippen LogP contribution in [0, 0.1) is 0 Å². The molecule has 5 nitrogen and oxygen atoms in total. The van der Waals surface area contributed by atoms with Crippen LogP contribution in [0.2, 0.25) is 0 Å². The van der Waals surface area contributed by atoms with Gasteiger partial charge in [0.1, 0.15) is 12.4 Å². The molecule has 0 spiro atoms. The van der Waals surface area contributed by atoms with E-state index in [-0.39, 0.29) is 12.2 Å². The van der Waals surface area contributed by atoms with Crippen molar-refractivity contribution in [3.05, 3.63) is 29.8 Å². The predicted octanol–water partition coefficient (Wildman–Crippen LogP) is 1.46. The van der Waals surface area contributed by atoms with E-state index in [1.807, 2.05) is 0 Å². The number of carbonyl (C=O) groups is 2. The Balaban J connectivity index is 2.59. The Bertz CT molecular complexity index is 396. The van der Waals surface area contributed by atoms with Gasteiger partial charge in [-0.2, -0.15) is 0 Å². The monoisotopic (exact) mass is 252 g/mol. The lowest BCUT2D eigenvalue weighted by molar-refractivity contribution is -0.137. The molecule has 98 valence electrons. The summed E-state index contributed by atoms with van der Waals surface area (Å²) >= 11 is 0. The maximum atomic E-state index is 11.6. The summed E-state index contributed by atoms with van der Waals surface area (Å²) in [7, 11) is 1.59. The Morgan fingerprint density at radius 1 is 1.11 bits per heavy atom. The van der Waals surface area contributed by atoms with Gasteiger partial charge in [0.2, 0.25) is 0 Å². The molecule has 18 heavy (non-hydrogen) atoms. The Hall–Kier alpha value is -1.88. The number of ether oxygens (including phenoxy) is 3. The molecule has 0 unspecified atom stereocenters. The van der Waals surface area contributed by atoms with E-state index < -0.39 is 11.8 Å². The molecular weight excluding hydrogens is 236 g/mol. The van der Waals surface area contributed by atoms with Crippen LogP contribution >= 0.6 is 0 Å². The molecule has 5 heteroatoms. The fourth-order valence-corrected chi connectivity index (χ4v) is 1.26. The first-order chi connectivity index (χ1) is 8.69. The zero-order valence-electron chi connectivity index (χ0n) is 10.5. The van der Waals surface area contributed by atoms with E-state index in [2.05, 4.69) is 4.74 Å². The third kappa shape index (κ3) is 4.18. The quantitative estimate of drug-likeness (QED) is 0.318. The lowest BCUT2D eigenvalue weighted by Gasteiger charge is -2.06. The molecule has 0 aliphatic carbocycles. The molecule has 0 saturated carbocycles. The molecule has 0 aliphatic rings. The summed E-state index contributed by atoms with van der Waals surface area (Å²) in [5.74, 6) is -0.877. The second-order valence-electron chi connectivity index (χ2n) is 3.42. The molecule has 0 bridgehead atoms. The fourth-order valence-electron chi connectivity index (χ4n) is 1.26. The minimum absolute atomic E-state index is 0.183. The Labute approximate surface area is 106 Å². The predicted molar refractivity (Wildman–Crippen MR) is 64.8 cm³/mol. The molecule has 0 aromatic heterocycles. The summed E-state index contributed by atoms with van der Waals surface area (Å²) in [6.07, 6.45) is 0. The molecule has 0 fully saturated rings. The number of rotatable bonds is 7. The van der Waals surface area contributed by atoms with Gasteiger partial charge in [0.05, 0.1) is 13.2 Å². The summed E-state index contributed by atoms with van der Waals surface area (Å²) in [6, 6.07) is 6.31. The lowest BCUT2D eigenvalue weighted by Crippen LogP contribution is -2.17. The second-order valence-corrected chi connectivity index (χ2v) is 3.42. The van der Waals surface area contributed by atoms with Crippen LogP contribution in [-0.4, -0.2) is 38.7 Å². The number of carbonyl (C=O) groups excluding carboxylic acids is 2. The van der Waals surface area contributed by atoms with Gasteiger partial charge in [-0.05, 0) is 31.2 Å². The highest BCUT2D eigenvalue weighted by Gasteiger charge is 2.16. The average molecular weight is 252 g/mol. The first-order valence-corrected chi connectivity index (χ1v) is 5.62. The number of ketones is 1. The fraction of sp³-hybridized carbons (Fsp3) is 0.385. The van der Waals surface area contributed by atoms with Gasteiger partial charge in [0, 0.05) is 12.7 Å². The van der Waals surface area contributed by atoms with E-state index in [1.165, 1.54) is 12.1 Å². The molecule has 0 aliphatic heterocycles. The summed E-state index contributed by atoms with van der Waals surface area (Å²) < 4.78 is 14.8. The second kappa shape index (κ2) is 7.45. The minimum atomic E-state index is -0.842. The Kier molecular flexibility index (Phi) is 5.87. The van der Waals surface area contributed by atoms with Crippen molar-refractivity contribution in [2.75, 3.05) is 26.9 Å². The Morgan fingerprint density at radius 2 is 1.78 bits per heavy atom. The van der Waals surface area contributed by atoms with Crippen molar-refractivity contribution in [1.29, 1.82) is 0 Å². The standard InChI is InChI=1S/C13H16O5/c1-3-17-13(15)12(14)10-4-6-11(7-5-10)18-9-8-16-2/h4-7H,3,8-9H2,1-2H3. The number of hydrogen-bond donors (Lipinski definition) is 0.